The van der Waals surface area contributed by atoms with Crippen molar-refractivity contribution in [2.45, 2.75) is 0 Å². The predicted octanol–water partition coefficient (Wildman–Crippen LogP) is 1.62. The Hall–Kier alpha value is -1.64. The molecular formula is C9H8FNO. The summed E-state index contributed by atoms with van der Waals surface area (Å²) >= 11 is 0. The van der Waals surface area contributed by atoms with Crippen molar-refractivity contribution in [1.82, 2.24) is 0 Å². The molecule has 0 aromatic heterocycles. The Morgan fingerprint density at radius 3 is 2.83 bits per heavy atom. The van der Waals surface area contributed by atoms with Gasteiger partial charge in [0.15, 0.2) is 0 Å². The van der Waals surface area contributed by atoms with Gasteiger partial charge in [-0.3, -0.25) is 4.79 Å². The smallest absolute Gasteiger partial charge is 0.142 e. The Morgan fingerprint density at radius 1 is 1.42 bits per heavy atom. The van der Waals surface area contributed by atoms with Crippen LogP contribution in [0.25, 0.3) is 6.08 Å². The van der Waals surface area contributed by atoms with Crippen LogP contribution in [0.5, 0.6) is 0 Å². The molecule has 0 saturated carbocycles. The normalized spacial score (nSPS) is 10.4. The summed E-state index contributed by atoms with van der Waals surface area (Å²) in [6, 6.07) is 4.00. The molecule has 3 heteroatoms. The fraction of sp³-hybridized carbons (Fsp3) is 0. The molecule has 12 heavy (non-hydrogen) atoms. The van der Waals surface area contributed by atoms with Gasteiger partial charge in [-0.15, -0.1) is 0 Å². The quantitative estimate of drug-likeness (QED) is 0.411. The van der Waals surface area contributed by atoms with Gasteiger partial charge in [-0.05, 0) is 30.4 Å². The number of benzene rings is 1. The fourth-order valence-electron chi connectivity index (χ4n) is 0.833. The highest BCUT2D eigenvalue weighted by atomic mass is 19.1. The first-order valence-corrected chi connectivity index (χ1v) is 3.41. The van der Waals surface area contributed by atoms with Crippen LogP contribution in [-0.4, -0.2) is 6.29 Å². The monoisotopic (exact) mass is 165 g/mol. The van der Waals surface area contributed by atoms with E-state index < -0.39 is 0 Å². The number of halogens is 1. The Labute approximate surface area is 69.5 Å². The average molecular weight is 165 g/mol. The number of nitrogens with two attached hydrogens (primary N) is 1. The fourth-order valence-corrected chi connectivity index (χ4v) is 0.833. The average Bonchev–Trinajstić information content (AvgIpc) is 2.07. The van der Waals surface area contributed by atoms with Crippen LogP contribution in [0.1, 0.15) is 5.56 Å². The highest BCUT2D eigenvalue weighted by Gasteiger charge is 1.95. The molecule has 0 bridgehead atoms. The summed E-state index contributed by atoms with van der Waals surface area (Å²) in [6.07, 6.45) is 3.35. The zero-order valence-corrected chi connectivity index (χ0v) is 6.33. The lowest BCUT2D eigenvalue weighted by Crippen LogP contribution is -1.89. The SMILES string of the molecule is Nc1ccc(F)cc1/C=C/C=O. The summed E-state index contributed by atoms with van der Waals surface area (Å²) in [6.45, 7) is 0. The van der Waals surface area contributed by atoms with Crippen molar-refractivity contribution in [3.8, 4) is 0 Å². The van der Waals surface area contributed by atoms with E-state index in [1.165, 1.54) is 30.4 Å². The van der Waals surface area contributed by atoms with E-state index in [0.29, 0.717) is 17.5 Å². The minimum Gasteiger partial charge on any atom is -0.398 e. The topological polar surface area (TPSA) is 43.1 Å². The van der Waals surface area contributed by atoms with Crippen LogP contribution < -0.4 is 5.73 Å². The van der Waals surface area contributed by atoms with E-state index in [-0.39, 0.29) is 5.82 Å². The molecule has 1 aromatic rings. The molecule has 0 atom stereocenters. The molecule has 0 aliphatic rings. The summed E-state index contributed by atoms with van der Waals surface area (Å²) in [5, 5.41) is 0. The lowest BCUT2D eigenvalue weighted by molar-refractivity contribution is -0.104. The molecule has 0 radical (unpaired) electrons. The van der Waals surface area contributed by atoms with Gasteiger partial charge in [0.2, 0.25) is 0 Å². The number of allylic oxidation sites excluding steroid dienone is 1. The van der Waals surface area contributed by atoms with E-state index in [9.17, 15) is 9.18 Å². The maximum absolute atomic E-state index is 12.6. The van der Waals surface area contributed by atoms with Crippen LogP contribution in [0.3, 0.4) is 0 Å². The number of hydrogen-bond acceptors (Lipinski definition) is 2. The van der Waals surface area contributed by atoms with Crippen LogP contribution in [0.4, 0.5) is 10.1 Å². The van der Waals surface area contributed by atoms with Crippen LogP contribution in [0.2, 0.25) is 0 Å². The number of nitrogen functional groups attached to an aromatic ring is 1. The predicted molar refractivity (Wildman–Crippen MR) is 45.9 cm³/mol. The second-order valence-electron chi connectivity index (χ2n) is 2.27. The van der Waals surface area contributed by atoms with Crippen molar-refractivity contribution in [1.29, 1.82) is 0 Å². The van der Waals surface area contributed by atoms with Gasteiger partial charge in [0.1, 0.15) is 12.1 Å². The molecule has 0 saturated heterocycles. The van der Waals surface area contributed by atoms with E-state index in [2.05, 4.69) is 0 Å². The third kappa shape index (κ3) is 1.92. The van der Waals surface area contributed by atoms with Crippen LogP contribution in [0, 0.1) is 5.82 Å². The third-order valence-corrected chi connectivity index (χ3v) is 1.40. The summed E-state index contributed by atoms with van der Waals surface area (Å²) in [5.74, 6) is -0.366. The van der Waals surface area contributed by atoms with E-state index in [1.807, 2.05) is 0 Å². The van der Waals surface area contributed by atoms with Gasteiger partial charge in [0, 0.05) is 11.3 Å². The molecule has 1 aromatic carbocycles. The van der Waals surface area contributed by atoms with Crippen LogP contribution >= 0.6 is 0 Å². The lowest BCUT2D eigenvalue weighted by atomic mass is 10.1. The Bertz CT molecular complexity index is 320. The first-order chi connectivity index (χ1) is 5.74. The standard InChI is InChI=1S/C9H8FNO/c10-8-3-4-9(11)7(6-8)2-1-5-12/h1-6H,11H2/b2-1+. The van der Waals surface area contributed by atoms with Gasteiger partial charge in [0.05, 0.1) is 0 Å². The lowest BCUT2D eigenvalue weighted by Gasteiger charge is -1.98. The maximum Gasteiger partial charge on any atom is 0.142 e. The van der Waals surface area contributed by atoms with Gasteiger partial charge in [-0.2, -0.15) is 0 Å². The molecule has 2 nitrogen and oxygen atoms in total. The van der Waals surface area contributed by atoms with Crippen molar-refractivity contribution < 1.29 is 9.18 Å². The molecule has 0 amide bonds. The zero-order chi connectivity index (χ0) is 8.97. The van der Waals surface area contributed by atoms with E-state index in [4.69, 9.17) is 5.73 Å². The summed E-state index contributed by atoms with van der Waals surface area (Å²) < 4.78 is 12.6. The van der Waals surface area contributed by atoms with Crippen LogP contribution in [0.15, 0.2) is 24.3 Å². The molecule has 0 heterocycles. The largest absolute Gasteiger partial charge is 0.398 e. The van der Waals surface area contributed by atoms with Gasteiger partial charge >= 0.3 is 0 Å². The Kier molecular flexibility index (Phi) is 2.58. The molecule has 2 N–H and O–H groups in total. The van der Waals surface area contributed by atoms with Crippen molar-refractivity contribution >= 4 is 18.0 Å². The number of rotatable bonds is 2. The number of anilines is 1. The van der Waals surface area contributed by atoms with Gasteiger partial charge in [-0.25, -0.2) is 4.39 Å². The second-order valence-corrected chi connectivity index (χ2v) is 2.27. The van der Waals surface area contributed by atoms with Crippen molar-refractivity contribution in [2.75, 3.05) is 5.73 Å². The molecule has 0 aliphatic heterocycles. The van der Waals surface area contributed by atoms with Gasteiger partial charge < -0.3 is 5.73 Å². The molecule has 62 valence electrons. The molecule has 0 aliphatic carbocycles. The number of aldehydes is 1. The van der Waals surface area contributed by atoms with Gasteiger partial charge in [0.25, 0.3) is 0 Å². The van der Waals surface area contributed by atoms with E-state index in [0.717, 1.165) is 0 Å². The van der Waals surface area contributed by atoms with Crippen LogP contribution in [-0.2, 0) is 4.79 Å². The van der Waals surface area contributed by atoms with Gasteiger partial charge in [-0.1, -0.05) is 0 Å². The second kappa shape index (κ2) is 3.67. The summed E-state index contributed by atoms with van der Waals surface area (Å²) in [5.41, 5.74) is 6.47. The molecular weight excluding hydrogens is 157 g/mol. The zero-order valence-electron chi connectivity index (χ0n) is 6.33. The highest BCUT2D eigenvalue weighted by Crippen LogP contribution is 2.14. The Balaban J connectivity index is 3.04. The number of carbonyl (C=O) groups is 1. The summed E-state index contributed by atoms with van der Waals surface area (Å²) in [4.78, 5) is 9.95. The highest BCUT2D eigenvalue weighted by molar-refractivity contribution is 5.77. The molecule has 0 fully saturated rings. The summed E-state index contributed by atoms with van der Waals surface area (Å²) in [7, 11) is 0. The number of carbonyl (C=O) groups excluding carboxylic acids is 1. The minimum atomic E-state index is -0.366. The van der Waals surface area contributed by atoms with Crippen molar-refractivity contribution in [2.24, 2.45) is 0 Å². The van der Waals surface area contributed by atoms with Crippen molar-refractivity contribution in [3.05, 3.63) is 35.7 Å². The first-order valence-electron chi connectivity index (χ1n) is 3.41. The molecule has 0 unspecified atom stereocenters. The first kappa shape index (κ1) is 8.46. The molecule has 1 rings (SSSR count). The third-order valence-electron chi connectivity index (χ3n) is 1.40. The van der Waals surface area contributed by atoms with E-state index in [1.54, 1.807) is 0 Å². The minimum absolute atomic E-state index is 0.366. The maximum atomic E-state index is 12.6. The molecule has 0 spiro atoms. The van der Waals surface area contributed by atoms with E-state index >= 15 is 0 Å². The Morgan fingerprint density at radius 2 is 2.17 bits per heavy atom. The number of hydrogen-bond donors (Lipinski definition) is 1. The van der Waals surface area contributed by atoms with Crippen molar-refractivity contribution in [3.63, 3.8) is 0 Å².